The second-order valence-corrected chi connectivity index (χ2v) is 4.06. The maximum absolute atomic E-state index is 12.8. The molecule has 0 amide bonds. The Morgan fingerprint density at radius 1 is 1.26 bits per heavy atom. The highest BCUT2D eigenvalue weighted by Crippen LogP contribution is 2.20. The number of rotatable bonds is 7. The Bertz CT molecular complexity index is 384. The Morgan fingerprint density at radius 3 is 2.32 bits per heavy atom. The van der Waals surface area contributed by atoms with Crippen molar-refractivity contribution in [2.24, 2.45) is 0 Å². The van der Waals surface area contributed by atoms with Crippen molar-refractivity contribution in [2.45, 2.75) is 25.5 Å². The summed E-state index contributed by atoms with van der Waals surface area (Å²) in [6.45, 7) is -3.14. The second kappa shape index (κ2) is 6.72. The molecule has 1 unspecified atom stereocenters. The maximum atomic E-state index is 12.8. The molecule has 0 bridgehead atoms. The molecule has 0 heterocycles. The lowest BCUT2D eigenvalue weighted by molar-refractivity contribution is -0.0503. The van der Waals surface area contributed by atoms with Crippen LogP contribution in [0.4, 0.5) is 17.6 Å². The van der Waals surface area contributed by atoms with Gasteiger partial charge in [0, 0.05) is 6.04 Å². The van der Waals surface area contributed by atoms with Gasteiger partial charge in [0.25, 0.3) is 5.92 Å². The van der Waals surface area contributed by atoms with Crippen molar-refractivity contribution >= 4 is 0 Å². The number of ether oxygens (including phenoxy) is 1. The lowest BCUT2D eigenvalue weighted by Crippen LogP contribution is -2.37. The zero-order chi connectivity index (χ0) is 14.5. The summed E-state index contributed by atoms with van der Waals surface area (Å²) in [5.41, 5.74) is 0.648. The Balaban J connectivity index is 2.55. The minimum atomic E-state index is -3.19. The summed E-state index contributed by atoms with van der Waals surface area (Å²) in [5.74, 6) is -3.18. The van der Waals surface area contributed by atoms with E-state index in [4.69, 9.17) is 5.11 Å². The molecule has 19 heavy (non-hydrogen) atoms. The smallest absolute Gasteiger partial charge is 0.387 e. The number of hydrogen-bond acceptors (Lipinski definition) is 3. The maximum Gasteiger partial charge on any atom is 0.387 e. The Morgan fingerprint density at radius 2 is 1.84 bits per heavy atom. The quantitative estimate of drug-likeness (QED) is 0.755. The van der Waals surface area contributed by atoms with E-state index in [0.717, 1.165) is 0 Å². The van der Waals surface area contributed by atoms with Crippen LogP contribution in [0.3, 0.4) is 0 Å². The fourth-order valence-corrected chi connectivity index (χ4v) is 1.41. The summed E-state index contributed by atoms with van der Waals surface area (Å²) in [7, 11) is 0. The summed E-state index contributed by atoms with van der Waals surface area (Å²) >= 11 is 0. The molecule has 1 aromatic carbocycles. The zero-order valence-corrected chi connectivity index (χ0v) is 10.2. The van der Waals surface area contributed by atoms with Gasteiger partial charge in [-0.3, -0.25) is 0 Å². The van der Waals surface area contributed by atoms with Crippen LogP contribution < -0.4 is 10.1 Å². The standard InChI is InChI=1S/C12H15F4NO2/c1-8(17-6-12(15,16)7-18)9-2-4-10(5-3-9)19-11(13)14/h2-5,8,11,17-18H,6-7H2,1H3. The first-order valence-corrected chi connectivity index (χ1v) is 5.61. The molecular weight excluding hydrogens is 266 g/mol. The lowest BCUT2D eigenvalue weighted by atomic mass is 10.1. The van der Waals surface area contributed by atoms with Gasteiger partial charge in [0.05, 0.1) is 6.54 Å². The Labute approximate surface area is 108 Å². The molecule has 1 rings (SSSR count). The van der Waals surface area contributed by atoms with Gasteiger partial charge in [0.15, 0.2) is 0 Å². The lowest BCUT2D eigenvalue weighted by Gasteiger charge is -2.19. The van der Waals surface area contributed by atoms with E-state index in [2.05, 4.69) is 10.1 Å². The fourth-order valence-electron chi connectivity index (χ4n) is 1.41. The van der Waals surface area contributed by atoms with Crippen LogP contribution in [-0.2, 0) is 0 Å². The number of benzene rings is 1. The van der Waals surface area contributed by atoms with Crippen LogP contribution in [0.5, 0.6) is 5.75 Å². The van der Waals surface area contributed by atoms with Crippen LogP contribution in [0.2, 0.25) is 0 Å². The van der Waals surface area contributed by atoms with E-state index in [1.165, 1.54) is 24.3 Å². The molecule has 0 saturated heterocycles. The minimum absolute atomic E-state index is 0.00615. The normalized spacial score (nSPS) is 13.6. The number of halogens is 4. The van der Waals surface area contributed by atoms with Gasteiger partial charge in [0.1, 0.15) is 12.4 Å². The molecule has 0 fully saturated rings. The molecule has 108 valence electrons. The largest absolute Gasteiger partial charge is 0.435 e. The van der Waals surface area contributed by atoms with Crippen molar-refractivity contribution in [2.75, 3.05) is 13.2 Å². The molecule has 3 nitrogen and oxygen atoms in total. The summed E-state index contributed by atoms with van der Waals surface area (Å²) in [5, 5.41) is 11.0. The van der Waals surface area contributed by atoms with Crippen LogP contribution in [0.25, 0.3) is 0 Å². The number of hydrogen-bond donors (Lipinski definition) is 2. The van der Waals surface area contributed by atoms with Crippen LogP contribution in [0.15, 0.2) is 24.3 Å². The van der Waals surface area contributed by atoms with Crippen molar-refractivity contribution in [1.82, 2.24) is 5.32 Å². The number of aliphatic hydroxyl groups excluding tert-OH is 1. The van der Waals surface area contributed by atoms with Crippen LogP contribution >= 0.6 is 0 Å². The highest BCUT2D eigenvalue weighted by Gasteiger charge is 2.27. The second-order valence-electron chi connectivity index (χ2n) is 4.06. The predicted molar refractivity (Wildman–Crippen MR) is 61.5 cm³/mol. The van der Waals surface area contributed by atoms with E-state index in [0.29, 0.717) is 5.56 Å². The van der Waals surface area contributed by atoms with Crippen LogP contribution in [0, 0.1) is 0 Å². The summed E-state index contributed by atoms with van der Waals surface area (Å²) < 4.78 is 53.7. The first-order chi connectivity index (χ1) is 8.84. The molecule has 0 aromatic heterocycles. The third-order valence-corrected chi connectivity index (χ3v) is 2.50. The van der Waals surface area contributed by atoms with E-state index in [9.17, 15) is 17.6 Å². The van der Waals surface area contributed by atoms with Gasteiger partial charge in [-0.25, -0.2) is 8.78 Å². The molecule has 0 aliphatic rings. The summed E-state index contributed by atoms with van der Waals surface area (Å²) in [6, 6.07) is 5.28. The van der Waals surface area contributed by atoms with Gasteiger partial charge < -0.3 is 15.2 Å². The van der Waals surface area contributed by atoms with Crippen LogP contribution in [0.1, 0.15) is 18.5 Å². The van der Waals surface area contributed by atoms with Gasteiger partial charge in [-0.15, -0.1) is 0 Å². The average Bonchev–Trinajstić information content (AvgIpc) is 2.36. The van der Waals surface area contributed by atoms with E-state index in [1.54, 1.807) is 6.92 Å². The first-order valence-electron chi connectivity index (χ1n) is 5.61. The average molecular weight is 281 g/mol. The number of aliphatic hydroxyl groups is 1. The van der Waals surface area contributed by atoms with Gasteiger partial charge in [-0.1, -0.05) is 12.1 Å². The monoisotopic (exact) mass is 281 g/mol. The van der Waals surface area contributed by atoms with E-state index < -0.39 is 31.7 Å². The van der Waals surface area contributed by atoms with Gasteiger partial charge >= 0.3 is 6.61 Å². The minimum Gasteiger partial charge on any atom is -0.435 e. The molecular formula is C12H15F4NO2. The summed E-state index contributed by atoms with van der Waals surface area (Å²) in [6.07, 6.45) is 0. The predicted octanol–water partition coefficient (Wildman–Crippen LogP) is 2.57. The third kappa shape index (κ3) is 5.44. The molecule has 0 saturated carbocycles. The first kappa shape index (κ1) is 15.7. The molecule has 0 spiro atoms. The van der Waals surface area contributed by atoms with E-state index in [-0.39, 0.29) is 5.75 Å². The molecule has 1 aromatic rings. The summed E-state index contributed by atoms with van der Waals surface area (Å²) in [4.78, 5) is 0. The van der Waals surface area contributed by atoms with Gasteiger partial charge in [-0.05, 0) is 24.6 Å². The molecule has 7 heteroatoms. The topological polar surface area (TPSA) is 41.5 Å². The SMILES string of the molecule is CC(NCC(F)(F)CO)c1ccc(OC(F)F)cc1. The van der Waals surface area contributed by atoms with Gasteiger partial charge in [-0.2, -0.15) is 8.78 Å². The molecule has 0 aliphatic carbocycles. The van der Waals surface area contributed by atoms with Crippen molar-refractivity contribution in [3.8, 4) is 5.75 Å². The number of alkyl halides is 4. The fraction of sp³-hybridized carbons (Fsp3) is 0.500. The highest BCUT2D eigenvalue weighted by atomic mass is 19.3. The van der Waals surface area contributed by atoms with Crippen molar-refractivity contribution < 1.29 is 27.4 Å². The van der Waals surface area contributed by atoms with Crippen molar-refractivity contribution in [1.29, 1.82) is 0 Å². The molecule has 0 aliphatic heterocycles. The molecule has 2 N–H and O–H groups in total. The third-order valence-electron chi connectivity index (χ3n) is 2.50. The van der Waals surface area contributed by atoms with E-state index in [1.807, 2.05) is 0 Å². The van der Waals surface area contributed by atoms with Gasteiger partial charge in [0.2, 0.25) is 0 Å². The van der Waals surface area contributed by atoms with Crippen molar-refractivity contribution in [3.63, 3.8) is 0 Å². The Kier molecular flexibility index (Phi) is 5.56. The zero-order valence-electron chi connectivity index (χ0n) is 10.2. The molecule has 1 atom stereocenters. The van der Waals surface area contributed by atoms with E-state index >= 15 is 0 Å². The molecule has 0 radical (unpaired) electrons. The van der Waals surface area contributed by atoms with Crippen molar-refractivity contribution in [3.05, 3.63) is 29.8 Å². The van der Waals surface area contributed by atoms with Crippen LogP contribution in [-0.4, -0.2) is 30.8 Å². The highest BCUT2D eigenvalue weighted by molar-refractivity contribution is 5.28. The number of nitrogens with one attached hydrogen (secondary N) is 1. The Hall–Kier alpha value is -1.34.